The Hall–Kier alpha value is -2.18. The van der Waals surface area contributed by atoms with E-state index in [1.165, 1.54) is 5.56 Å². The van der Waals surface area contributed by atoms with E-state index in [1.807, 2.05) is 48.7 Å². The van der Waals surface area contributed by atoms with E-state index >= 15 is 0 Å². The predicted octanol–water partition coefficient (Wildman–Crippen LogP) is 1.68. The number of aryl methyl sites for hydroxylation is 1. The van der Waals surface area contributed by atoms with Gasteiger partial charge in [0.15, 0.2) is 0 Å². The van der Waals surface area contributed by atoms with Crippen molar-refractivity contribution in [2.24, 2.45) is 5.73 Å². The van der Waals surface area contributed by atoms with Crippen LogP contribution in [0.5, 0.6) is 0 Å². The van der Waals surface area contributed by atoms with Crippen LogP contribution in [0.2, 0.25) is 0 Å². The number of hydrogen-bond acceptors (Lipinski definition) is 4. The molecule has 0 aliphatic rings. The predicted molar refractivity (Wildman–Crippen MR) is 92.2 cm³/mol. The van der Waals surface area contributed by atoms with Gasteiger partial charge in [-0.15, -0.1) is 11.3 Å². The Morgan fingerprint density at radius 3 is 2.48 bits per heavy atom. The summed E-state index contributed by atoms with van der Waals surface area (Å²) >= 11 is 1.60. The topological polar surface area (TPSA) is 75.4 Å². The molecule has 2 aromatic rings. The zero-order valence-corrected chi connectivity index (χ0v) is 14.1. The standard InChI is InChI=1S/C17H21N3O2S/c1-12-5-7-13(8-6-12)17(14-4-3-9-23-14)19-16(22)11-20(2)10-15(18)21/h3-9,17H,10-11H2,1-2H3,(H2,18,21)(H,19,22)/t17-/m0/s1. The van der Waals surface area contributed by atoms with Crippen molar-refractivity contribution in [1.82, 2.24) is 10.2 Å². The zero-order chi connectivity index (χ0) is 16.8. The smallest absolute Gasteiger partial charge is 0.234 e. The third kappa shape index (κ3) is 5.19. The summed E-state index contributed by atoms with van der Waals surface area (Å²) in [5.74, 6) is -0.596. The molecule has 0 spiro atoms. The van der Waals surface area contributed by atoms with Crippen molar-refractivity contribution >= 4 is 23.2 Å². The molecular weight excluding hydrogens is 310 g/mol. The van der Waals surface area contributed by atoms with Gasteiger partial charge in [0, 0.05) is 4.88 Å². The Kier molecular flexibility index (Phi) is 5.90. The van der Waals surface area contributed by atoms with Gasteiger partial charge in [0.1, 0.15) is 0 Å². The van der Waals surface area contributed by atoms with E-state index in [4.69, 9.17) is 5.73 Å². The molecule has 23 heavy (non-hydrogen) atoms. The van der Waals surface area contributed by atoms with E-state index in [0.717, 1.165) is 10.4 Å². The first-order valence-corrected chi connectivity index (χ1v) is 8.20. The summed E-state index contributed by atoms with van der Waals surface area (Å²) in [6.07, 6.45) is 0. The summed E-state index contributed by atoms with van der Waals surface area (Å²) in [7, 11) is 1.69. The third-order valence-electron chi connectivity index (χ3n) is 3.38. The van der Waals surface area contributed by atoms with Crippen molar-refractivity contribution < 1.29 is 9.59 Å². The molecule has 122 valence electrons. The van der Waals surface area contributed by atoms with Gasteiger partial charge in [-0.05, 0) is 31.0 Å². The van der Waals surface area contributed by atoms with Crippen molar-refractivity contribution in [2.45, 2.75) is 13.0 Å². The summed E-state index contributed by atoms with van der Waals surface area (Å²) in [5.41, 5.74) is 7.35. The second-order valence-corrected chi connectivity index (χ2v) is 6.54. The second kappa shape index (κ2) is 7.89. The van der Waals surface area contributed by atoms with Crippen molar-refractivity contribution in [3.8, 4) is 0 Å². The quantitative estimate of drug-likeness (QED) is 0.810. The van der Waals surface area contributed by atoms with E-state index in [9.17, 15) is 9.59 Å². The van der Waals surface area contributed by atoms with Crippen LogP contribution in [-0.2, 0) is 9.59 Å². The fraction of sp³-hybridized carbons (Fsp3) is 0.294. The van der Waals surface area contributed by atoms with Crippen LogP contribution >= 0.6 is 11.3 Å². The lowest BCUT2D eigenvalue weighted by Gasteiger charge is -2.20. The molecule has 0 bridgehead atoms. The van der Waals surface area contributed by atoms with Crippen molar-refractivity contribution in [2.75, 3.05) is 20.1 Å². The average molecular weight is 331 g/mol. The first kappa shape index (κ1) is 17.2. The SMILES string of the molecule is Cc1ccc([C@H](NC(=O)CN(C)CC(N)=O)c2cccs2)cc1. The van der Waals surface area contributed by atoms with Gasteiger partial charge < -0.3 is 11.1 Å². The number of hydrogen-bond donors (Lipinski definition) is 2. The first-order chi connectivity index (χ1) is 11.0. The molecule has 1 atom stereocenters. The number of carbonyl (C=O) groups is 2. The van der Waals surface area contributed by atoms with E-state index in [2.05, 4.69) is 5.32 Å². The zero-order valence-electron chi connectivity index (χ0n) is 13.3. The van der Waals surface area contributed by atoms with Crippen molar-refractivity contribution in [3.05, 3.63) is 57.8 Å². The third-order valence-corrected chi connectivity index (χ3v) is 4.32. The van der Waals surface area contributed by atoms with Gasteiger partial charge in [-0.3, -0.25) is 14.5 Å². The number of benzene rings is 1. The van der Waals surface area contributed by atoms with E-state index in [-0.39, 0.29) is 25.0 Å². The molecule has 3 N–H and O–H groups in total. The minimum absolute atomic E-state index is 0.0572. The Balaban J connectivity index is 2.11. The maximum absolute atomic E-state index is 12.3. The lowest BCUT2D eigenvalue weighted by molar-refractivity contribution is -0.123. The van der Waals surface area contributed by atoms with Gasteiger partial charge in [-0.1, -0.05) is 35.9 Å². The highest BCUT2D eigenvalue weighted by molar-refractivity contribution is 7.10. The summed E-state index contributed by atoms with van der Waals surface area (Å²) < 4.78 is 0. The summed E-state index contributed by atoms with van der Waals surface area (Å²) in [6.45, 7) is 2.21. The summed E-state index contributed by atoms with van der Waals surface area (Å²) in [5, 5.41) is 5.03. The molecule has 0 saturated heterocycles. The van der Waals surface area contributed by atoms with Gasteiger partial charge >= 0.3 is 0 Å². The number of rotatable bonds is 7. The average Bonchev–Trinajstić information content (AvgIpc) is 2.98. The lowest BCUT2D eigenvalue weighted by atomic mass is 10.0. The van der Waals surface area contributed by atoms with Crippen LogP contribution in [0.3, 0.4) is 0 Å². The number of thiophene rings is 1. The maximum atomic E-state index is 12.3. The summed E-state index contributed by atoms with van der Waals surface area (Å²) in [6, 6.07) is 11.9. The fourth-order valence-electron chi connectivity index (χ4n) is 2.31. The van der Waals surface area contributed by atoms with Gasteiger partial charge in [-0.2, -0.15) is 0 Å². The molecular formula is C17H21N3O2S. The van der Waals surface area contributed by atoms with Crippen LogP contribution < -0.4 is 11.1 Å². The second-order valence-electron chi connectivity index (χ2n) is 5.57. The maximum Gasteiger partial charge on any atom is 0.234 e. The van der Waals surface area contributed by atoms with E-state index in [1.54, 1.807) is 23.3 Å². The number of primary amides is 1. The molecule has 0 aliphatic heterocycles. The van der Waals surface area contributed by atoms with E-state index < -0.39 is 5.91 Å². The Labute approximate surface area is 140 Å². The molecule has 0 saturated carbocycles. The van der Waals surface area contributed by atoms with Crippen molar-refractivity contribution in [3.63, 3.8) is 0 Å². The minimum atomic E-state index is -0.450. The summed E-state index contributed by atoms with van der Waals surface area (Å²) in [4.78, 5) is 25.8. The highest BCUT2D eigenvalue weighted by Crippen LogP contribution is 2.26. The molecule has 1 aromatic heterocycles. The van der Waals surface area contributed by atoms with Crippen molar-refractivity contribution in [1.29, 1.82) is 0 Å². The molecule has 0 fully saturated rings. The fourth-order valence-corrected chi connectivity index (χ4v) is 3.11. The van der Waals surface area contributed by atoms with Gasteiger partial charge in [0.2, 0.25) is 11.8 Å². The Morgan fingerprint density at radius 1 is 1.22 bits per heavy atom. The number of nitrogens with zero attached hydrogens (tertiary/aromatic N) is 1. The van der Waals surface area contributed by atoms with Crippen LogP contribution in [0, 0.1) is 6.92 Å². The molecule has 2 rings (SSSR count). The first-order valence-electron chi connectivity index (χ1n) is 7.32. The highest BCUT2D eigenvalue weighted by atomic mass is 32.1. The van der Waals surface area contributed by atoms with E-state index in [0.29, 0.717) is 0 Å². The molecule has 0 unspecified atom stereocenters. The minimum Gasteiger partial charge on any atom is -0.369 e. The molecule has 0 radical (unpaired) electrons. The largest absolute Gasteiger partial charge is 0.369 e. The normalized spacial score (nSPS) is 12.1. The van der Waals surface area contributed by atoms with Crippen LogP contribution in [0.15, 0.2) is 41.8 Å². The molecule has 1 aromatic carbocycles. The highest BCUT2D eigenvalue weighted by Gasteiger charge is 2.19. The molecule has 0 aliphatic carbocycles. The van der Waals surface area contributed by atoms with Crippen LogP contribution in [0.1, 0.15) is 22.0 Å². The van der Waals surface area contributed by atoms with Crippen LogP contribution in [0.25, 0.3) is 0 Å². The number of amides is 2. The number of nitrogens with two attached hydrogens (primary N) is 1. The molecule has 6 heteroatoms. The molecule has 5 nitrogen and oxygen atoms in total. The molecule has 1 heterocycles. The van der Waals surface area contributed by atoms with Crippen LogP contribution in [0.4, 0.5) is 0 Å². The number of likely N-dealkylation sites (N-methyl/N-ethyl adjacent to an activating group) is 1. The molecule has 2 amide bonds. The monoisotopic (exact) mass is 331 g/mol. The van der Waals surface area contributed by atoms with Crippen LogP contribution in [-0.4, -0.2) is 36.9 Å². The number of carbonyl (C=O) groups excluding carboxylic acids is 2. The van der Waals surface area contributed by atoms with Gasteiger partial charge in [0.25, 0.3) is 0 Å². The van der Waals surface area contributed by atoms with Gasteiger partial charge in [-0.25, -0.2) is 0 Å². The Morgan fingerprint density at radius 2 is 1.91 bits per heavy atom. The number of nitrogens with one attached hydrogen (secondary N) is 1. The lowest BCUT2D eigenvalue weighted by Crippen LogP contribution is -2.40. The van der Waals surface area contributed by atoms with Gasteiger partial charge in [0.05, 0.1) is 19.1 Å². The Bertz CT molecular complexity index is 653.